The highest BCUT2D eigenvalue weighted by molar-refractivity contribution is 6.30. The molecule has 0 unspecified atom stereocenters. The molecule has 1 aliphatic rings. The standard InChI is InChI=1S/C30H29Cl2N3O2/c31-25-9-5-21(6-10-25)13-16-33-29(36)23-14-17-34(18-15-23)30(37)28-19-24-3-1-2-4-27(24)35(28)20-22-7-11-26(32)12-8-22/h1-12,19,23H,13-18,20H2,(H,33,36). The fourth-order valence-corrected chi connectivity index (χ4v) is 5.21. The highest BCUT2D eigenvalue weighted by atomic mass is 35.5. The van der Waals surface area contributed by atoms with Crippen LogP contribution in [0.5, 0.6) is 0 Å². The van der Waals surface area contributed by atoms with E-state index in [1.165, 1.54) is 0 Å². The van der Waals surface area contributed by atoms with Gasteiger partial charge in [-0.05, 0) is 66.8 Å². The number of carbonyl (C=O) groups is 2. The van der Waals surface area contributed by atoms with Crippen LogP contribution in [0.25, 0.3) is 10.9 Å². The van der Waals surface area contributed by atoms with Crippen molar-refractivity contribution < 1.29 is 9.59 Å². The number of hydrogen-bond donors (Lipinski definition) is 1. The topological polar surface area (TPSA) is 54.3 Å². The first kappa shape index (κ1) is 25.4. The highest BCUT2D eigenvalue weighted by Gasteiger charge is 2.29. The third-order valence-corrected chi connectivity index (χ3v) is 7.57. The maximum atomic E-state index is 13.6. The zero-order chi connectivity index (χ0) is 25.8. The molecule has 190 valence electrons. The Bertz CT molecular complexity index is 1390. The first-order chi connectivity index (χ1) is 18.0. The van der Waals surface area contributed by atoms with Crippen LogP contribution in [0.4, 0.5) is 0 Å². The van der Waals surface area contributed by atoms with Crippen LogP contribution in [-0.2, 0) is 17.8 Å². The molecule has 3 aromatic carbocycles. The molecule has 5 nitrogen and oxygen atoms in total. The van der Waals surface area contributed by atoms with Gasteiger partial charge in [-0.2, -0.15) is 0 Å². The molecule has 37 heavy (non-hydrogen) atoms. The van der Waals surface area contributed by atoms with Crippen molar-refractivity contribution in [2.45, 2.75) is 25.8 Å². The minimum atomic E-state index is -0.0748. The molecule has 1 aromatic heterocycles. The van der Waals surface area contributed by atoms with Crippen molar-refractivity contribution in [2.24, 2.45) is 5.92 Å². The van der Waals surface area contributed by atoms with Gasteiger partial charge in [0.1, 0.15) is 5.69 Å². The normalized spacial score (nSPS) is 14.2. The Kier molecular flexibility index (Phi) is 7.82. The maximum Gasteiger partial charge on any atom is 0.270 e. The number of nitrogens with one attached hydrogen (secondary N) is 1. The number of fused-ring (bicyclic) bond motifs is 1. The van der Waals surface area contributed by atoms with Gasteiger partial charge in [0.05, 0.1) is 0 Å². The predicted molar refractivity (Wildman–Crippen MR) is 149 cm³/mol. The number of amides is 2. The number of nitrogens with zero attached hydrogens (tertiary/aromatic N) is 2. The van der Waals surface area contributed by atoms with Gasteiger partial charge >= 0.3 is 0 Å². The van der Waals surface area contributed by atoms with Crippen molar-refractivity contribution in [3.63, 3.8) is 0 Å². The van der Waals surface area contributed by atoms with Gasteiger partial charge in [0, 0.05) is 53.0 Å². The molecule has 1 aliphatic heterocycles. The van der Waals surface area contributed by atoms with E-state index in [4.69, 9.17) is 23.2 Å². The zero-order valence-corrected chi connectivity index (χ0v) is 22.0. The van der Waals surface area contributed by atoms with Crippen molar-refractivity contribution >= 4 is 45.9 Å². The molecule has 2 amide bonds. The van der Waals surface area contributed by atoms with E-state index < -0.39 is 0 Å². The van der Waals surface area contributed by atoms with Crippen LogP contribution in [0.15, 0.2) is 78.9 Å². The van der Waals surface area contributed by atoms with E-state index in [1.54, 1.807) is 0 Å². The second-order valence-electron chi connectivity index (χ2n) is 9.53. The Morgan fingerprint density at radius 1 is 0.838 bits per heavy atom. The number of halogens is 2. The monoisotopic (exact) mass is 533 g/mol. The molecular weight excluding hydrogens is 505 g/mol. The Balaban J connectivity index is 1.22. The highest BCUT2D eigenvalue weighted by Crippen LogP contribution is 2.25. The smallest absolute Gasteiger partial charge is 0.270 e. The zero-order valence-electron chi connectivity index (χ0n) is 20.5. The number of carbonyl (C=O) groups excluding carboxylic acids is 2. The molecular formula is C30H29Cl2N3O2. The van der Waals surface area contributed by atoms with Crippen LogP contribution in [0.3, 0.4) is 0 Å². The number of likely N-dealkylation sites (tertiary alicyclic amines) is 1. The first-order valence-corrected chi connectivity index (χ1v) is 13.4. The molecule has 2 heterocycles. The molecule has 4 aromatic rings. The third kappa shape index (κ3) is 6.00. The fourth-order valence-electron chi connectivity index (χ4n) is 4.96. The Morgan fingerprint density at radius 3 is 2.14 bits per heavy atom. The van der Waals surface area contributed by atoms with Crippen molar-refractivity contribution in [2.75, 3.05) is 19.6 Å². The summed E-state index contributed by atoms with van der Waals surface area (Å²) >= 11 is 12.0. The van der Waals surface area contributed by atoms with Gasteiger partial charge in [0.15, 0.2) is 0 Å². The predicted octanol–water partition coefficient (Wildman–Crippen LogP) is 6.21. The van der Waals surface area contributed by atoms with Crippen molar-refractivity contribution in [1.82, 2.24) is 14.8 Å². The van der Waals surface area contributed by atoms with Crippen molar-refractivity contribution in [3.05, 3.63) is 106 Å². The summed E-state index contributed by atoms with van der Waals surface area (Å²) in [5.74, 6) is -0.00105. The van der Waals surface area contributed by atoms with Gasteiger partial charge in [0.25, 0.3) is 5.91 Å². The fraction of sp³-hybridized carbons (Fsp3) is 0.267. The summed E-state index contributed by atoms with van der Waals surface area (Å²) in [4.78, 5) is 28.3. The van der Waals surface area contributed by atoms with Gasteiger partial charge in [0.2, 0.25) is 5.91 Å². The number of piperidine rings is 1. The molecule has 1 N–H and O–H groups in total. The van der Waals surface area contributed by atoms with E-state index in [0.717, 1.165) is 28.5 Å². The maximum absolute atomic E-state index is 13.6. The third-order valence-electron chi connectivity index (χ3n) is 7.06. The lowest BCUT2D eigenvalue weighted by Crippen LogP contribution is -2.43. The molecule has 0 radical (unpaired) electrons. The van der Waals surface area contributed by atoms with E-state index in [9.17, 15) is 9.59 Å². The van der Waals surface area contributed by atoms with Gasteiger partial charge in [-0.25, -0.2) is 0 Å². The molecule has 0 bridgehead atoms. The molecule has 0 spiro atoms. The number of aromatic nitrogens is 1. The lowest BCUT2D eigenvalue weighted by molar-refractivity contribution is -0.126. The van der Waals surface area contributed by atoms with Crippen LogP contribution >= 0.6 is 23.2 Å². The number of hydrogen-bond acceptors (Lipinski definition) is 2. The molecule has 5 rings (SSSR count). The average molecular weight is 534 g/mol. The van der Waals surface area contributed by atoms with E-state index in [2.05, 4.69) is 9.88 Å². The first-order valence-electron chi connectivity index (χ1n) is 12.6. The summed E-state index contributed by atoms with van der Waals surface area (Å²) in [7, 11) is 0. The van der Waals surface area contributed by atoms with Gasteiger partial charge < -0.3 is 14.8 Å². The Labute approximate surface area is 227 Å². The van der Waals surface area contributed by atoms with Crippen molar-refractivity contribution in [3.8, 4) is 0 Å². The van der Waals surface area contributed by atoms with Gasteiger partial charge in [-0.3, -0.25) is 9.59 Å². The second-order valence-corrected chi connectivity index (χ2v) is 10.4. The lowest BCUT2D eigenvalue weighted by atomic mass is 9.95. The van der Waals surface area contributed by atoms with E-state index in [0.29, 0.717) is 54.8 Å². The summed E-state index contributed by atoms with van der Waals surface area (Å²) in [6.45, 7) is 2.30. The summed E-state index contributed by atoms with van der Waals surface area (Å²) in [6, 6.07) is 25.4. The Hall–Kier alpha value is -3.28. The summed E-state index contributed by atoms with van der Waals surface area (Å²) < 4.78 is 2.08. The summed E-state index contributed by atoms with van der Waals surface area (Å²) in [6.07, 6.45) is 2.09. The number of benzene rings is 3. The van der Waals surface area contributed by atoms with Crippen LogP contribution in [0, 0.1) is 5.92 Å². The Morgan fingerprint density at radius 2 is 1.46 bits per heavy atom. The van der Waals surface area contributed by atoms with Crippen molar-refractivity contribution in [1.29, 1.82) is 0 Å². The number of rotatable bonds is 7. The molecule has 1 saturated heterocycles. The minimum absolute atomic E-state index is 0.00626. The largest absolute Gasteiger partial charge is 0.356 e. The van der Waals surface area contributed by atoms with E-state index in [1.807, 2.05) is 83.8 Å². The SMILES string of the molecule is O=C(NCCc1ccc(Cl)cc1)C1CCN(C(=O)c2cc3ccccc3n2Cc2ccc(Cl)cc2)CC1. The van der Waals surface area contributed by atoms with Gasteiger partial charge in [-0.1, -0.05) is 65.7 Å². The minimum Gasteiger partial charge on any atom is -0.356 e. The van der Waals surface area contributed by atoms with Crippen LogP contribution < -0.4 is 5.32 Å². The quantitative estimate of drug-likeness (QED) is 0.307. The number of para-hydroxylation sites is 1. The van der Waals surface area contributed by atoms with Crippen LogP contribution in [0.1, 0.15) is 34.5 Å². The lowest BCUT2D eigenvalue weighted by Gasteiger charge is -2.31. The molecule has 0 aliphatic carbocycles. The molecule has 0 saturated carbocycles. The van der Waals surface area contributed by atoms with E-state index in [-0.39, 0.29) is 17.7 Å². The average Bonchev–Trinajstić information content (AvgIpc) is 3.29. The van der Waals surface area contributed by atoms with Crippen LogP contribution in [-0.4, -0.2) is 40.9 Å². The summed E-state index contributed by atoms with van der Waals surface area (Å²) in [5, 5.41) is 5.49. The molecule has 1 fully saturated rings. The second kappa shape index (κ2) is 11.4. The van der Waals surface area contributed by atoms with Crippen LogP contribution in [0.2, 0.25) is 10.0 Å². The summed E-state index contributed by atoms with van der Waals surface area (Å²) in [5.41, 5.74) is 3.91. The molecule has 0 atom stereocenters. The van der Waals surface area contributed by atoms with E-state index >= 15 is 0 Å². The molecule has 7 heteroatoms. The van der Waals surface area contributed by atoms with Gasteiger partial charge in [-0.15, -0.1) is 0 Å².